The minimum absolute atomic E-state index is 0.0150. The minimum Gasteiger partial charge on any atom is -0.508 e. The lowest BCUT2D eigenvalue weighted by atomic mass is 10.0. The largest absolute Gasteiger partial charge is 0.508 e. The van der Waals surface area contributed by atoms with Gasteiger partial charge in [-0.05, 0) is 40.6 Å². The molecule has 0 spiro atoms. The highest BCUT2D eigenvalue weighted by Crippen LogP contribution is 2.25. The molecular formula is C17H17FN4O3. The molecule has 0 aliphatic heterocycles. The number of hydrogen-bond acceptors (Lipinski definition) is 5. The Morgan fingerprint density at radius 1 is 1.24 bits per heavy atom. The number of ether oxygens (including phenoxy) is 1. The summed E-state index contributed by atoms with van der Waals surface area (Å²) in [7, 11) is 1.51. The Morgan fingerprint density at radius 3 is 2.68 bits per heavy atom. The molecule has 0 atom stereocenters. The number of tetrazole rings is 1. The fourth-order valence-corrected chi connectivity index (χ4v) is 2.54. The van der Waals surface area contributed by atoms with Gasteiger partial charge in [0.25, 0.3) is 0 Å². The molecule has 2 aromatic carbocycles. The van der Waals surface area contributed by atoms with Crippen molar-refractivity contribution in [2.75, 3.05) is 0 Å². The average molecular weight is 344 g/mol. The van der Waals surface area contributed by atoms with Crippen LogP contribution in [0.3, 0.4) is 0 Å². The summed E-state index contributed by atoms with van der Waals surface area (Å²) in [5, 5.41) is 16.9. The van der Waals surface area contributed by atoms with Gasteiger partial charge in [-0.3, -0.25) is 0 Å². The molecule has 1 heterocycles. The van der Waals surface area contributed by atoms with E-state index in [4.69, 9.17) is 4.74 Å². The summed E-state index contributed by atoms with van der Waals surface area (Å²) in [6, 6.07) is 9.15. The van der Waals surface area contributed by atoms with Crippen LogP contribution in [0.2, 0.25) is 0 Å². The van der Waals surface area contributed by atoms with E-state index in [1.54, 1.807) is 6.07 Å². The van der Waals surface area contributed by atoms with Crippen molar-refractivity contribution in [1.29, 1.82) is 0 Å². The molecule has 3 rings (SSSR count). The van der Waals surface area contributed by atoms with Crippen LogP contribution in [-0.4, -0.2) is 24.9 Å². The lowest BCUT2D eigenvalue weighted by molar-refractivity contribution is 0.287. The van der Waals surface area contributed by atoms with Crippen LogP contribution in [0.25, 0.3) is 5.69 Å². The van der Waals surface area contributed by atoms with Gasteiger partial charge in [-0.2, -0.15) is 9.36 Å². The Labute approximate surface area is 142 Å². The number of hydrogen-bond donors (Lipinski definition) is 1. The van der Waals surface area contributed by atoms with E-state index >= 15 is 0 Å². The fourth-order valence-electron chi connectivity index (χ4n) is 2.54. The predicted molar refractivity (Wildman–Crippen MR) is 88.4 cm³/mol. The molecule has 130 valence electrons. The van der Waals surface area contributed by atoms with Crippen LogP contribution in [0.5, 0.6) is 11.5 Å². The monoisotopic (exact) mass is 344 g/mol. The standard InChI is InChI=1S/C17H17FN4O3/c1-3-11-5-4-6-15(22-17(24)21(2)19-20-22)13(11)10-25-16-8-7-12(23)9-14(16)18/h4-9,23H,3,10H2,1-2H3. The zero-order chi connectivity index (χ0) is 18.0. The van der Waals surface area contributed by atoms with Crippen molar-refractivity contribution in [3.8, 4) is 17.2 Å². The van der Waals surface area contributed by atoms with E-state index in [1.165, 1.54) is 23.9 Å². The van der Waals surface area contributed by atoms with Crippen molar-refractivity contribution in [3.63, 3.8) is 0 Å². The van der Waals surface area contributed by atoms with Gasteiger partial charge in [-0.15, -0.1) is 0 Å². The third-order valence-electron chi connectivity index (χ3n) is 3.87. The normalized spacial score (nSPS) is 10.8. The van der Waals surface area contributed by atoms with E-state index in [0.29, 0.717) is 12.1 Å². The van der Waals surface area contributed by atoms with Crippen LogP contribution < -0.4 is 10.4 Å². The second-order valence-corrected chi connectivity index (χ2v) is 5.47. The molecule has 1 aromatic heterocycles. The number of phenolic OH excluding ortho intramolecular Hbond substituents is 1. The maximum Gasteiger partial charge on any atom is 0.368 e. The molecule has 0 bridgehead atoms. The highest BCUT2D eigenvalue weighted by atomic mass is 19.1. The minimum atomic E-state index is -0.660. The van der Waals surface area contributed by atoms with Crippen molar-refractivity contribution >= 4 is 0 Å². The number of rotatable bonds is 5. The van der Waals surface area contributed by atoms with Crippen LogP contribution in [0.4, 0.5) is 4.39 Å². The maximum absolute atomic E-state index is 13.9. The van der Waals surface area contributed by atoms with Gasteiger partial charge in [0, 0.05) is 18.7 Å². The number of aromatic hydroxyl groups is 1. The van der Waals surface area contributed by atoms with Gasteiger partial charge in [0.05, 0.1) is 5.69 Å². The summed E-state index contributed by atoms with van der Waals surface area (Å²) in [5.41, 5.74) is 1.83. The lowest BCUT2D eigenvalue weighted by Gasteiger charge is -2.14. The SMILES string of the molecule is CCc1cccc(-n2nnn(C)c2=O)c1COc1ccc(O)cc1F. The molecule has 0 amide bonds. The Hall–Kier alpha value is -3.16. The summed E-state index contributed by atoms with van der Waals surface area (Å²) in [6.07, 6.45) is 0.708. The average Bonchev–Trinajstić information content (AvgIpc) is 2.93. The molecule has 0 saturated carbocycles. The summed E-state index contributed by atoms with van der Waals surface area (Å²) < 4.78 is 21.7. The van der Waals surface area contributed by atoms with Crippen molar-refractivity contribution in [1.82, 2.24) is 19.8 Å². The van der Waals surface area contributed by atoms with Crippen molar-refractivity contribution in [2.45, 2.75) is 20.0 Å². The van der Waals surface area contributed by atoms with Crippen molar-refractivity contribution in [2.24, 2.45) is 7.05 Å². The van der Waals surface area contributed by atoms with E-state index in [9.17, 15) is 14.3 Å². The second kappa shape index (κ2) is 6.76. The molecule has 0 fully saturated rings. The van der Waals surface area contributed by atoms with Gasteiger partial charge in [0.2, 0.25) is 0 Å². The van der Waals surface area contributed by atoms with Crippen LogP contribution >= 0.6 is 0 Å². The van der Waals surface area contributed by atoms with Crippen LogP contribution in [0.15, 0.2) is 41.2 Å². The first-order chi connectivity index (χ1) is 12.0. The first kappa shape index (κ1) is 16.7. The zero-order valence-corrected chi connectivity index (χ0v) is 13.8. The van der Waals surface area contributed by atoms with Gasteiger partial charge in [-0.1, -0.05) is 19.1 Å². The zero-order valence-electron chi connectivity index (χ0n) is 13.8. The van der Waals surface area contributed by atoms with Gasteiger partial charge in [0.1, 0.15) is 12.4 Å². The summed E-state index contributed by atoms with van der Waals surface area (Å²) in [5.74, 6) is -0.820. The third-order valence-corrected chi connectivity index (χ3v) is 3.87. The third kappa shape index (κ3) is 3.23. The van der Waals surface area contributed by atoms with Gasteiger partial charge < -0.3 is 9.84 Å². The molecule has 0 aliphatic carbocycles. The molecule has 0 saturated heterocycles. The quantitative estimate of drug-likeness (QED) is 0.765. The highest BCUT2D eigenvalue weighted by Gasteiger charge is 2.15. The smallest absolute Gasteiger partial charge is 0.368 e. The lowest BCUT2D eigenvalue weighted by Crippen LogP contribution is -2.23. The number of aromatic nitrogens is 4. The Kier molecular flexibility index (Phi) is 4.51. The topological polar surface area (TPSA) is 82.2 Å². The molecule has 25 heavy (non-hydrogen) atoms. The van der Waals surface area contributed by atoms with Crippen LogP contribution in [-0.2, 0) is 20.1 Å². The maximum atomic E-state index is 13.9. The van der Waals surface area contributed by atoms with Crippen molar-refractivity contribution < 1.29 is 14.2 Å². The summed E-state index contributed by atoms with van der Waals surface area (Å²) >= 11 is 0. The number of benzene rings is 2. The molecule has 0 aliphatic rings. The number of phenols is 1. The van der Waals surface area contributed by atoms with E-state index in [0.717, 1.165) is 21.9 Å². The molecule has 1 N–H and O–H groups in total. The van der Waals surface area contributed by atoms with Crippen LogP contribution in [0.1, 0.15) is 18.1 Å². The molecule has 0 unspecified atom stereocenters. The van der Waals surface area contributed by atoms with E-state index < -0.39 is 5.82 Å². The molecular weight excluding hydrogens is 327 g/mol. The van der Waals surface area contributed by atoms with Crippen molar-refractivity contribution in [3.05, 3.63) is 63.8 Å². The van der Waals surface area contributed by atoms with E-state index in [-0.39, 0.29) is 23.8 Å². The number of aryl methyl sites for hydroxylation is 2. The summed E-state index contributed by atoms with van der Waals surface area (Å²) in [6.45, 7) is 2.02. The summed E-state index contributed by atoms with van der Waals surface area (Å²) in [4.78, 5) is 12.2. The molecule has 7 nitrogen and oxygen atoms in total. The van der Waals surface area contributed by atoms with Gasteiger partial charge in [0.15, 0.2) is 11.6 Å². The Bertz CT molecular complexity index is 965. The molecule has 3 aromatic rings. The highest BCUT2D eigenvalue weighted by molar-refractivity contribution is 5.45. The van der Waals surface area contributed by atoms with E-state index in [1.807, 2.05) is 19.1 Å². The Morgan fingerprint density at radius 2 is 2.04 bits per heavy atom. The van der Waals surface area contributed by atoms with Gasteiger partial charge >= 0.3 is 5.69 Å². The first-order valence-electron chi connectivity index (χ1n) is 7.72. The van der Waals surface area contributed by atoms with Crippen LogP contribution in [0, 0.1) is 5.82 Å². The predicted octanol–water partition coefficient (Wildman–Crippen LogP) is 1.95. The number of halogens is 1. The molecule has 8 heteroatoms. The molecule has 0 radical (unpaired) electrons. The van der Waals surface area contributed by atoms with E-state index in [2.05, 4.69) is 10.4 Å². The first-order valence-corrected chi connectivity index (χ1v) is 7.72. The Balaban J connectivity index is 1.99. The van der Waals surface area contributed by atoms with Gasteiger partial charge in [-0.25, -0.2) is 9.18 Å². The second-order valence-electron chi connectivity index (χ2n) is 5.47. The fraction of sp³-hybridized carbons (Fsp3) is 0.235. The number of nitrogens with zero attached hydrogens (tertiary/aromatic N) is 4.